The molecule has 0 radical (unpaired) electrons. The molecule has 0 unspecified atom stereocenters. The highest BCUT2D eigenvalue weighted by molar-refractivity contribution is 7.88. The molecule has 1 fully saturated rings. The second-order valence-electron chi connectivity index (χ2n) is 5.53. The summed E-state index contributed by atoms with van der Waals surface area (Å²) in [6, 6.07) is 4.84. The molecule has 2 rings (SSSR count). The zero-order chi connectivity index (χ0) is 16.2. The van der Waals surface area contributed by atoms with Gasteiger partial charge in [0, 0.05) is 49.3 Å². The van der Waals surface area contributed by atoms with Crippen LogP contribution in [-0.4, -0.2) is 64.5 Å². The van der Waals surface area contributed by atoms with Crippen LogP contribution in [0, 0.1) is 0 Å². The minimum Gasteiger partial charge on any atom is -0.304 e. The largest absolute Gasteiger partial charge is 0.304 e. The van der Waals surface area contributed by atoms with Crippen LogP contribution in [0.1, 0.15) is 5.56 Å². The van der Waals surface area contributed by atoms with E-state index in [-0.39, 0.29) is 5.75 Å². The maximum absolute atomic E-state index is 12.1. The minimum atomic E-state index is -3.40. The predicted molar refractivity (Wildman–Crippen MR) is 91.0 cm³/mol. The molecule has 0 aromatic heterocycles. The van der Waals surface area contributed by atoms with Gasteiger partial charge in [0.05, 0.1) is 5.75 Å². The summed E-state index contributed by atoms with van der Waals surface area (Å²) >= 11 is 11.8. The fourth-order valence-corrected chi connectivity index (χ4v) is 4.05. The maximum Gasteiger partial charge on any atom is 0.215 e. The Kier molecular flexibility index (Phi) is 6.49. The van der Waals surface area contributed by atoms with E-state index in [2.05, 4.69) is 21.6 Å². The Morgan fingerprint density at radius 1 is 1.18 bits per heavy atom. The molecule has 1 saturated heterocycles. The van der Waals surface area contributed by atoms with Crippen molar-refractivity contribution in [3.63, 3.8) is 0 Å². The van der Waals surface area contributed by atoms with Gasteiger partial charge >= 0.3 is 0 Å². The number of nitrogens with zero attached hydrogens (tertiary/aromatic N) is 2. The summed E-state index contributed by atoms with van der Waals surface area (Å²) in [5, 5.41) is 0.867. The molecule has 0 bridgehead atoms. The molecule has 8 heteroatoms. The molecule has 124 valence electrons. The number of piperazine rings is 1. The first-order chi connectivity index (χ1) is 10.4. The fraction of sp³-hybridized carbons (Fsp3) is 0.571. The molecule has 1 N–H and O–H groups in total. The molecule has 22 heavy (non-hydrogen) atoms. The van der Waals surface area contributed by atoms with Crippen LogP contribution in [0.3, 0.4) is 0 Å². The van der Waals surface area contributed by atoms with Gasteiger partial charge in [-0.15, -0.1) is 0 Å². The van der Waals surface area contributed by atoms with E-state index >= 15 is 0 Å². The third-order valence-electron chi connectivity index (χ3n) is 3.71. The number of hydrogen-bond acceptors (Lipinski definition) is 4. The molecule has 0 amide bonds. The molecule has 0 saturated carbocycles. The van der Waals surface area contributed by atoms with Crippen LogP contribution in [0.15, 0.2) is 18.2 Å². The van der Waals surface area contributed by atoms with E-state index < -0.39 is 10.0 Å². The molecule has 0 atom stereocenters. The van der Waals surface area contributed by atoms with Gasteiger partial charge < -0.3 is 4.90 Å². The highest BCUT2D eigenvalue weighted by Gasteiger charge is 2.16. The Balaban J connectivity index is 1.81. The zero-order valence-electron chi connectivity index (χ0n) is 12.6. The summed E-state index contributed by atoms with van der Waals surface area (Å²) in [6.45, 7) is 5.13. The summed E-state index contributed by atoms with van der Waals surface area (Å²) in [5.74, 6) is -0.133. The van der Waals surface area contributed by atoms with Crippen molar-refractivity contribution in [2.24, 2.45) is 0 Å². The van der Waals surface area contributed by atoms with Crippen molar-refractivity contribution < 1.29 is 8.42 Å². The molecule has 0 aliphatic carbocycles. The number of sulfonamides is 1. The topological polar surface area (TPSA) is 52.6 Å². The van der Waals surface area contributed by atoms with Gasteiger partial charge in [-0.1, -0.05) is 29.3 Å². The second-order valence-corrected chi connectivity index (χ2v) is 8.18. The molecule has 1 aromatic rings. The summed E-state index contributed by atoms with van der Waals surface area (Å²) in [7, 11) is -1.30. The maximum atomic E-state index is 12.1. The van der Waals surface area contributed by atoms with Crippen LogP contribution in [0.5, 0.6) is 0 Å². The molecule has 1 heterocycles. The van der Waals surface area contributed by atoms with Gasteiger partial charge in [-0.05, 0) is 24.7 Å². The lowest BCUT2D eigenvalue weighted by Crippen LogP contribution is -2.46. The summed E-state index contributed by atoms with van der Waals surface area (Å²) in [6.07, 6.45) is 0. The quantitative estimate of drug-likeness (QED) is 0.832. The third-order valence-corrected chi connectivity index (χ3v) is 5.63. The van der Waals surface area contributed by atoms with Crippen LogP contribution in [0.25, 0.3) is 0 Å². The highest BCUT2D eigenvalue weighted by atomic mass is 35.5. The minimum absolute atomic E-state index is 0.133. The van der Waals surface area contributed by atoms with Gasteiger partial charge in [0.15, 0.2) is 0 Å². The molecule has 1 aliphatic rings. The average molecular weight is 366 g/mol. The van der Waals surface area contributed by atoms with E-state index in [0.717, 1.165) is 32.7 Å². The molecule has 5 nitrogen and oxygen atoms in total. The smallest absolute Gasteiger partial charge is 0.215 e. The van der Waals surface area contributed by atoms with E-state index in [1.807, 2.05) is 0 Å². The number of halogens is 2. The molecule has 1 aromatic carbocycles. The Hall–Kier alpha value is -0.370. The normalized spacial score (nSPS) is 17.8. The summed E-state index contributed by atoms with van der Waals surface area (Å²) < 4.78 is 26.8. The van der Waals surface area contributed by atoms with Crippen molar-refractivity contribution in [2.45, 2.75) is 5.75 Å². The van der Waals surface area contributed by atoms with E-state index in [1.165, 1.54) is 0 Å². The van der Waals surface area contributed by atoms with Gasteiger partial charge in [0.1, 0.15) is 0 Å². The van der Waals surface area contributed by atoms with E-state index in [4.69, 9.17) is 23.2 Å². The van der Waals surface area contributed by atoms with Crippen LogP contribution in [0.2, 0.25) is 10.0 Å². The summed E-state index contributed by atoms with van der Waals surface area (Å²) in [4.78, 5) is 4.53. The molecule has 0 spiro atoms. The Bertz CT molecular complexity index is 602. The van der Waals surface area contributed by atoms with E-state index in [1.54, 1.807) is 18.2 Å². The Morgan fingerprint density at radius 2 is 1.86 bits per heavy atom. The highest BCUT2D eigenvalue weighted by Crippen LogP contribution is 2.22. The van der Waals surface area contributed by atoms with Crippen LogP contribution < -0.4 is 4.72 Å². The first-order valence-corrected chi connectivity index (χ1v) is 9.59. The van der Waals surface area contributed by atoms with Crippen molar-refractivity contribution in [3.05, 3.63) is 33.8 Å². The predicted octanol–water partition coefficient (Wildman–Crippen LogP) is 1.66. The lowest BCUT2D eigenvalue weighted by atomic mass is 10.2. The fourth-order valence-electron chi connectivity index (χ4n) is 2.33. The molecule has 1 aliphatic heterocycles. The van der Waals surface area contributed by atoms with Crippen molar-refractivity contribution in [1.82, 2.24) is 14.5 Å². The number of nitrogens with one attached hydrogen (secondary N) is 1. The van der Waals surface area contributed by atoms with Crippen LogP contribution in [-0.2, 0) is 15.8 Å². The first-order valence-electron chi connectivity index (χ1n) is 7.18. The summed E-state index contributed by atoms with van der Waals surface area (Å²) in [5.41, 5.74) is 0.554. The van der Waals surface area contributed by atoms with Gasteiger partial charge in [-0.2, -0.15) is 0 Å². The monoisotopic (exact) mass is 365 g/mol. The number of hydrogen-bond donors (Lipinski definition) is 1. The molecular weight excluding hydrogens is 345 g/mol. The van der Waals surface area contributed by atoms with Crippen molar-refractivity contribution in [1.29, 1.82) is 0 Å². The number of likely N-dealkylation sites (N-methyl/N-ethyl adjacent to an activating group) is 1. The van der Waals surface area contributed by atoms with Gasteiger partial charge in [-0.3, -0.25) is 4.90 Å². The Morgan fingerprint density at radius 3 is 2.50 bits per heavy atom. The lowest BCUT2D eigenvalue weighted by molar-refractivity contribution is 0.156. The Labute approximate surface area is 142 Å². The van der Waals surface area contributed by atoms with Crippen LogP contribution >= 0.6 is 23.2 Å². The second kappa shape index (κ2) is 7.95. The van der Waals surface area contributed by atoms with Crippen molar-refractivity contribution >= 4 is 33.2 Å². The van der Waals surface area contributed by atoms with Crippen molar-refractivity contribution in [3.8, 4) is 0 Å². The molecular formula is C14H21Cl2N3O2S. The standard InChI is InChI=1S/C14H21Cl2N3O2S/c1-18-6-8-19(9-7-18)5-4-17-22(20,21)11-12-2-3-13(15)10-14(12)16/h2-3,10,17H,4-9,11H2,1H3. The number of benzene rings is 1. The van der Waals surface area contributed by atoms with Gasteiger partial charge in [-0.25, -0.2) is 13.1 Å². The number of rotatable bonds is 6. The van der Waals surface area contributed by atoms with Crippen LogP contribution in [0.4, 0.5) is 0 Å². The zero-order valence-corrected chi connectivity index (χ0v) is 14.9. The van der Waals surface area contributed by atoms with Crippen molar-refractivity contribution in [2.75, 3.05) is 46.3 Å². The third kappa shape index (κ3) is 5.68. The van der Waals surface area contributed by atoms with Gasteiger partial charge in [0.25, 0.3) is 0 Å². The SMILES string of the molecule is CN1CCN(CCNS(=O)(=O)Cc2ccc(Cl)cc2Cl)CC1. The lowest BCUT2D eigenvalue weighted by Gasteiger charge is -2.32. The van der Waals surface area contributed by atoms with E-state index in [0.29, 0.717) is 22.2 Å². The first kappa shape index (κ1) is 18.0. The van der Waals surface area contributed by atoms with Gasteiger partial charge in [0.2, 0.25) is 10.0 Å². The van der Waals surface area contributed by atoms with E-state index in [9.17, 15) is 8.42 Å². The average Bonchev–Trinajstić information content (AvgIpc) is 2.44.